The molecule has 1 saturated carbocycles. The number of sulfonamides is 1. The molecule has 0 unspecified atom stereocenters. The van der Waals surface area contributed by atoms with Crippen LogP contribution >= 0.6 is 0 Å². The SMILES string of the molecule is COCCN(C1CC1)S(=O)(=O)c1ccc(N)nc1. The van der Waals surface area contributed by atoms with Gasteiger partial charge in [0.2, 0.25) is 10.0 Å². The van der Waals surface area contributed by atoms with Gasteiger partial charge in [-0.1, -0.05) is 0 Å². The summed E-state index contributed by atoms with van der Waals surface area (Å²) in [5.41, 5.74) is 5.46. The largest absolute Gasteiger partial charge is 0.384 e. The molecule has 7 heteroatoms. The van der Waals surface area contributed by atoms with Crippen molar-refractivity contribution in [1.29, 1.82) is 0 Å². The van der Waals surface area contributed by atoms with E-state index in [1.807, 2.05) is 0 Å². The number of aromatic nitrogens is 1. The van der Waals surface area contributed by atoms with Crippen molar-refractivity contribution in [1.82, 2.24) is 9.29 Å². The minimum atomic E-state index is -3.49. The number of ether oxygens (including phenoxy) is 1. The standard InChI is InChI=1S/C11H17N3O3S/c1-17-7-6-14(9-2-3-9)18(15,16)10-4-5-11(12)13-8-10/h4-5,8-9H,2-3,6-7H2,1H3,(H2,12,13). The predicted molar refractivity (Wildman–Crippen MR) is 67.4 cm³/mol. The first-order chi connectivity index (χ1) is 8.55. The summed E-state index contributed by atoms with van der Waals surface area (Å²) in [7, 11) is -1.93. The third-order valence-corrected chi connectivity index (χ3v) is 4.77. The highest BCUT2D eigenvalue weighted by molar-refractivity contribution is 7.89. The molecular formula is C11H17N3O3S. The Labute approximate surface area is 107 Å². The molecule has 1 aromatic rings. The lowest BCUT2D eigenvalue weighted by Gasteiger charge is -2.21. The number of methoxy groups -OCH3 is 1. The third-order valence-electron chi connectivity index (χ3n) is 2.84. The van der Waals surface area contributed by atoms with Crippen LogP contribution in [0.3, 0.4) is 0 Å². The van der Waals surface area contributed by atoms with Crippen molar-refractivity contribution >= 4 is 15.8 Å². The average molecular weight is 271 g/mol. The van der Waals surface area contributed by atoms with Gasteiger partial charge in [0, 0.05) is 25.9 Å². The van der Waals surface area contributed by atoms with E-state index in [4.69, 9.17) is 10.5 Å². The molecule has 1 aliphatic carbocycles. The van der Waals surface area contributed by atoms with Crippen molar-refractivity contribution in [3.05, 3.63) is 18.3 Å². The van der Waals surface area contributed by atoms with E-state index in [0.29, 0.717) is 19.0 Å². The number of nitrogens with zero attached hydrogens (tertiary/aromatic N) is 2. The van der Waals surface area contributed by atoms with Crippen LogP contribution < -0.4 is 5.73 Å². The fourth-order valence-corrected chi connectivity index (χ4v) is 3.34. The van der Waals surface area contributed by atoms with E-state index in [1.54, 1.807) is 7.11 Å². The second-order valence-corrected chi connectivity index (χ2v) is 6.15. The van der Waals surface area contributed by atoms with E-state index in [-0.39, 0.29) is 10.9 Å². The van der Waals surface area contributed by atoms with Gasteiger partial charge in [0.25, 0.3) is 0 Å². The Kier molecular flexibility index (Phi) is 3.84. The summed E-state index contributed by atoms with van der Waals surface area (Å²) in [6, 6.07) is 3.08. The molecule has 1 fully saturated rings. The Bertz CT molecular complexity index is 497. The summed E-state index contributed by atoms with van der Waals surface area (Å²) in [6.07, 6.45) is 3.11. The highest BCUT2D eigenvalue weighted by atomic mass is 32.2. The molecule has 0 amide bonds. The number of nitrogens with two attached hydrogens (primary N) is 1. The van der Waals surface area contributed by atoms with E-state index in [2.05, 4.69) is 4.98 Å². The van der Waals surface area contributed by atoms with Crippen molar-refractivity contribution < 1.29 is 13.2 Å². The van der Waals surface area contributed by atoms with Gasteiger partial charge in [0.15, 0.2) is 0 Å². The Morgan fingerprint density at radius 2 is 2.22 bits per heavy atom. The summed E-state index contributed by atoms with van der Waals surface area (Å²) in [4.78, 5) is 4.01. The Hall–Kier alpha value is -1.18. The number of hydrogen-bond acceptors (Lipinski definition) is 5. The Balaban J connectivity index is 2.24. The zero-order chi connectivity index (χ0) is 13.2. The van der Waals surface area contributed by atoms with Crippen molar-refractivity contribution in [2.45, 2.75) is 23.8 Å². The third kappa shape index (κ3) is 2.80. The molecule has 0 aliphatic heterocycles. The number of nitrogen functional groups attached to an aromatic ring is 1. The maximum absolute atomic E-state index is 12.4. The van der Waals surface area contributed by atoms with Crippen molar-refractivity contribution in [2.75, 3.05) is 26.0 Å². The van der Waals surface area contributed by atoms with E-state index in [1.165, 1.54) is 22.6 Å². The number of rotatable bonds is 6. The summed E-state index contributed by atoms with van der Waals surface area (Å²) in [5.74, 6) is 0.309. The lowest BCUT2D eigenvalue weighted by Crippen LogP contribution is -2.35. The van der Waals surface area contributed by atoms with Crippen LogP contribution in [0.1, 0.15) is 12.8 Å². The lowest BCUT2D eigenvalue weighted by atomic mass is 10.5. The Morgan fingerprint density at radius 1 is 1.50 bits per heavy atom. The fourth-order valence-electron chi connectivity index (χ4n) is 1.72. The summed E-state index contributed by atoms with van der Waals surface area (Å²) in [5, 5.41) is 0. The van der Waals surface area contributed by atoms with Crippen LogP contribution in [0.2, 0.25) is 0 Å². The molecular weight excluding hydrogens is 254 g/mol. The predicted octanol–water partition coefficient (Wildman–Crippen LogP) is 0.463. The van der Waals surface area contributed by atoms with Crippen LogP contribution in [0.15, 0.2) is 23.2 Å². The van der Waals surface area contributed by atoms with Gasteiger partial charge in [-0.2, -0.15) is 4.31 Å². The van der Waals surface area contributed by atoms with Crippen LogP contribution in [0.4, 0.5) is 5.82 Å². The van der Waals surface area contributed by atoms with E-state index < -0.39 is 10.0 Å². The van der Waals surface area contributed by atoms with Crippen molar-refractivity contribution in [3.63, 3.8) is 0 Å². The normalized spacial score (nSPS) is 16.1. The molecule has 6 nitrogen and oxygen atoms in total. The number of pyridine rings is 1. The fraction of sp³-hybridized carbons (Fsp3) is 0.545. The van der Waals surface area contributed by atoms with Gasteiger partial charge in [0.05, 0.1) is 6.61 Å². The first-order valence-electron chi connectivity index (χ1n) is 5.78. The molecule has 1 aromatic heterocycles. The van der Waals surface area contributed by atoms with Gasteiger partial charge in [-0.3, -0.25) is 0 Å². The highest BCUT2D eigenvalue weighted by Crippen LogP contribution is 2.31. The van der Waals surface area contributed by atoms with E-state index in [0.717, 1.165) is 12.8 Å². The van der Waals surface area contributed by atoms with Gasteiger partial charge in [-0.05, 0) is 25.0 Å². The maximum atomic E-state index is 12.4. The molecule has 0 atom stereocenters. The zero-order valence-electron chi connectivity index (χ0n) is 10.2. The number of anilines is 1. The smallest absolute Gasteiger partial charge is 0.244 e. The van der Waals surface area contributed by atoms with Gasteiger partial charge in [0.1, 0.15) is 10.7 Å². The van der Waals surface area contributed by atoms with Gasteiger partial charge in [-0.15, -0.1) is 0 Å². The molecule has 2 N–H and O–H groups in total. The summed E-state index contributed by atoms with van der Waals surface area (Å²) >= 11 is 0. The molecule has 0 spiro atoms. The zero-order valence-corrected chi connectivity index (χ0v) is 11.1. The quantitative estimate of drug-likeness (QED) is 0.812. The van der Waals surface area contributed by atoms with Gasteiger partial charge < -0.3 is 10.5 Å². The minimum Gasteiger partial charge on any atom is -0.384 e. The first-order valence-corrected chi connectivity index (χ1v) is 7.22. The van der Waals surface area contributed by atoms with E-state index >= 15 is 0 Å². The molecule has 0 saturated heterocycles. The minimum absolute atomic E-state index is 0.0997. The molecule has 1 aliphatic rings. The molecule has 100 valence electrons. The number of hydrogen-bond donors (Lipinski definition) is 1. The molecule has 1 heterocycles. The van der Waals surface area contributed by atoms with Crippen LogP contribution in [0, 0.1) is 0 Å². The topological polar surface area (TPSA) is 85.5 Å². The molecule has 2 rings (SSSR count). The van der Waals surface area contributed by atoms with Crippen LogP contribution in [0.25, 0.3) is 0 Å². The Morgan fingerprint density at radius 3 is 2.72 bits per heavy atom. The monoisotopic (exact) mass is 271 g/mol. The molecule has 18 heavy (non-hydrogen) atoms. The highest BCUT2D eigenvalue weighted by Gasteiger charge is 2.37. The lowest BCUT2D eigenvalue weighted by molar-refractivity contribution is 0.177. The maximum Gasteiger partial charge on any atom is 0.244 e. The van der Waals surface area contributed by atoms with Crippen LogP contribution in [-0.4, -0.2) is 44.0 Å². The molecule has 0 bridgehead atoms. The van der Waals surface area contributed by atoms with Crippen LogP contribution in [0.5, 0.6) is 0 Å². The second-order valence-electron chi connectivity index (χ2n) is 4.26. The molecule has 0 aromatic carbocycles. The molecule has 0 radical (unpaired) electrons. The van der Waals surface area contributed by atoms with Gasteiger partial charge in [-0.25, -0.2) is 13.4 Å². The first kappa shape index (κ1) is 13.3. The average Bonchev–Trinajstić information content (AvgIpc) is 3.14. The summed E-state index contributed by atoms with van der Waals surface area (Å²) < 4.78 is 31.3. The van der Waals surface area contributed by atoms with Crippen molar-refractivity contribution in [3.8, 4) is 0 Å². The van der Waals surface area contributed by atoms with E-state index in [9.17, 15) is 8.42 Å². The summed E-state index contributed by atoms with van der Waals surface area (Å²) in [6.45, 7) is 0.756. The van der Waals surface area contributed by atoms with Gasteiger partial charge >= 0.3 is 0 Å². The van der Waals surface area contributed by atoms with Crippen LogP contribution in [-0.2, 0) is 14.8 Å². The second kappa shape index (κ2) is 5.21. The van der Waals surface area contributed by atoms with Crippen molar-refractivity contribution in [2.24, 2.45) is 0 Å².